The molecule has 29 heavy (non-hydrogen) atoms. The van der Waals surface area contributed by atoms with Crippen molar-refractivity contribution in [2.24, 2.45) is 5.92 Å². The molecule has 0 spiro atoms. The average molecular weight is 437 g/mol. The minimum Gasteiger partial charge on any atom is -1.00 e. The van der Waals surface area contributed by atoms with Crippen molar-refractivity contribution in [2.45, 2.75) is 39.0 Å². The van der Waals surface area contributed by atoms with Crippen molar-refractivity contribution in [1.82, 2.24) is 10.2 Å². The molecule has 3 aliphatic rings. The maximum atomic E-state index is 6.01. The molecular weight excluding hydrogens is 407 g/mol. The summed E-state index contributed by atoms with van der Waals surface area (Å²) in [6.45, 7) is 7.85. The molecular formula is C23H30Cl2N2O2-2. The van der Waals surface area contributed by atoms with Crippen LogP contribution in [0.25, 0.3) is 0 Å². The summed E-state index contributed by atoms with van der Waals surface area (Å²) in [5.74, 6) is 2.49. The lowest BCUT2D eigenvalue weighted by molar-refractivity contribution is -0.00100. The van der Waals surface area contributed by atoms with E-state index < -0.39 is 0 Å². The molecule has 0 saturated carbocycles. The smallest absolute Gasteiger partial charge is 0.161 e. The van der Waals surface area contributed by atoms with Crippen LogP contribution in [0, 0.1) is 5.92 Å². The zero-order valence-corrected chi connectivity index (χ0v) is 18.5. The second kappa shape index (κ2) is 11.7. The number of hydrogen-bond donors (Lipinski definition) is 1. The standard InChI is InChI=1S/C23H30N2O2.2ClH/c1-2-26-23-14-19(15-24-21-16-25-12-10-20(21)11-13-25)8-9-22(23)27-17-18-6-4-3-5-7-18;;/h3-9,14,20-21,24H,2,10-13,15-17H2,1H3;2*1H/p-2. The Balaban J connectivity index is 0.00000150. The van der Waals surface area contributed by atoms with Crippen molar-refractivity contribution < 1.29 is 34.3 Å². The molecule has 2 aromatic rings. The molecule has 0 aromatic heterocycles. The van der Waals surface area contributed by atoms with Gasteiger partial charge in [0.2, 0.25) is 0 Å². The molecule has 0 radical (unpaired) electrons. The number of nitrogens with one attached hydrogen (secondary N) is 1. The van der Waals surface area contributed by atoms with Crippen LogP contribution in [0.2, 0.25) is 0 Å². The normalized spacial score (nSPS) is 22.3. The van der Waals surface area contributed by atoms with E-state index in [1.165, 1.54) is 38.0 Å². The Morgan fingerprint density at radius 3 is 2.34 bits per heavy atom. The molecule has 2 aromatic carbocycles. The van der Waals surface area contributed by atoms with Crippen LogP contribution in [0.1, 0.15) is 30.9 Å². The summed E-state index contributed by atoms with van der Waals surface area (Å²) in [5.41, 5.74) is 2.41. The highest BCUT2D eigenvalue weighted by molar-refractivity contribution is 5.43. The Bertz CT molecular complexity index is 737. The van der Waals surface area contributed by atoms with Crippen LogP contribution >= 0.6 is 0 Å². The molecule has 3 heterocycles. The van der Waals surface area contributed by atoms with Gasteiger partial charge in [0.05, 0.1) is 6.61 Å². The fourth-order valence-corrected chi connectivity index (χ4v) is 4.23. The maximum absolute atomic E-state index is 6.01. The van der Waals surface area contributed by atoms with E-state index in [0.29, 0.717) is 19.3 Å². The summed E-state index contributed by atoms with van der Waals surface area (Å²) in [6, 6.07) is 17.2. The molecule has 3 saturated heterocycles. The van der Waals surface area contributed by atoms with E-state index >= 15 is 0 Å². The average Bonchev–Trinajstić information content (AvgIpc) is 2.73. The van der Waals surface area contributed by atoms with Crippen LogP contribution in [0.5, 0.6) is 11.5 Å². The van der Waals surface area contributed by atoms with E-state index in [2.05, 4.69) is 34.5 Å². The van der Waals surface area contributed by atoms with Crippen molar-refractivity contribution in [2.75, 3.05) is 26.2 Å². The zero-order chi connectivity index (χ0) is 18.5. The van der Waals surface area contributed by atoms with E-state index in [4.69, 9.17) is 9.47 Å². The Labute approximate surface area is 186 Å². The van der Waals surface area contributed by atoms with Crippen molar-refractivity contribution in [1.29, 1.82) is 0 Å². The Morgan fingerprint density at radius 2 is 1.69 bits per heavy atom. The molecule has 0 aliphatic carbocycles. The lowest BCUT2D eigenvalue weighted by Crippen LogP contribution is -3.00. The molecule has 4 nitrogen and oxygen atoms in total. The van der Waals surface area contributed by atoms with Gasteiger partial charge in [-0.2, -0.15) is 0 Å². The Morgan fingerprint density at radius 1 is 0.931 bits per heavy atom. The molecule has 0 amide bonds. The number of halogens is 2. The third kappa shape index (κ3) is 6.26. The quantitative estimate of drug-likeness (QED) is 0.511. The summed E-state index contributed by atoms with van der Waals surface area (Å²) >= 11 is 0. The zero-order valence-electron chi connectivity index (χ0n) is 16.9. The second-order valence-corrected chi connectivity index (χ2v) is 7.61. The van der Waals surface area contributed by atoms with Gasteiger partial charge in [-0.25, -0.2) is 0 Å². The number of benzene rings is 2. The van der Waals surface area contributed by atoms with E-state index in [1.54, 1.807) is 0 Å². The maximum Gasteiger partial charge on any atom is 0.161 e. The lowest BCUT2D eigenvalue weighted by atomic mass is 9.84. The molecule has 2 bridgehead atoms. The number of rotatable bonds is 8. The van der Waals surface area contributed by atoms with E-state index in [0.717, 1.165) is 29.5 Å². The third-order valence-corrected chi connectivity index (χ3v) is 5.77. The van der Waals surface area contributed by atoms with Crippen molar-refractivity contribution >= 4 is 0 Å². The van der Waals surface area contributed by atoms with Gasteiger partial charge >= 0.3 is 0 Å². The molecule has 3 aliphatic heterocycles. The number of piperidine rings is 3. The minimum atomic E-state index is 0. The summed E-state index contributed by atoms with van der Waals surface area (Å²) in [6.07, 6.45) is 2.68. The number of hydrogen-bond acceptors (Lipinski definition) is 4. The Hall–Kier alpha value is -1.46. The first-order valence-electron chi connectivity index (χ1n) is 10.2. The van der Waals surface area contributed by atoms with E-state index in [9.17, 15) is 0 Å². The topological polar surface area (TPSA) is 33.7 Å². The summed E-state index contributed by atoms with van der Waals surface area (Å²) < 4.78 is 11.9. The van der Waals surface area contributed by atoms with Crippen LogP contribution in [0.3, 0.4) is 0 Å². The molecule has 3 fully saturated rings. The lowest BCUT2D eigenvalue weighted by Gasteiger charge is -2.45. The van der Waals surface area contributed by atoms with E-state index in [1.807, 2.05) is 31.2 Å². The summed E-state index contributed by atoms with van der Waals surface area (Å²) in [5, 5.41) is 3.78. The van der Waals surface area contributed by atoms with Crippen molar-refractivity contribution in [3.63, 3.8) is 0 Å². The van der Waals surface area contributed by atoms with Gasteiger partial charge in [0.25, 0.3) is 0 Å². The van der Waals surface area contributed by atoms with Gasteiger partial charge in [0, 0.05) is 19.1 Å². The van der Waals surface area contributed by atoms with Crippen LogP contribution in [0.4, 0.5) is 0 Å². The highest BCUT2D eigenvalue weighted by atomic mass is 35.5. The van der Waals surface area contributed by atoms with Crippen LogP contribution in [-0.2, 0) is 13.2 Å². The van der Waals surface area contributed by atoms with Crippen molar-refractivity contribution in [3.8, 4) is 11.5 Å². The second-order valence-electron chi connectivity index (χ2n) is 7.61. The number of fused-ring (bicyclic) bond motifs is 3. The highest BCUT2D eigenvalue weighted by Gasteiger charge is 2.33. The van der Waals surface area contributed by atoms with E-state index in [-0.39, 0.29) is 24.8 Å². The van der Waals surface area contributed by atoms with Crippen LogP contribution in [-0.4, -0.2) is 37.2 Å². The monoisotopic (exact) mass is 436 g/mol. The van der Waals surface area contributed by atoms with Crippen LogP contribution < -0.4 is 39.6 Å². The van der Waals surface area contributed by atoms with Crippen LogP contribution in [0.15, 0.2) is 48.5 Å². The third-order valence-electron chi connectivity index (χ3n) is 5.77. The summed E-state index contributed by atoms with van der Waals surface area (Å²) in [4.78, 5) is 2.59. The first-order valence-corrected chi connectivity index (χ1v) is 10.2. The van der Waals surface area contributed by atoms with Gasteiger partial charge in [-0.05, 0) is 62.0 Å². The van der Waals surface area contributed by atoms with Gasteiger partial charge in [0.15, 0.2) is 11.5 Å². The summed E-state index contributed by atoms with van der Waals surface area (Å²) in [7, 11) is 0. The molecule has 5 rings (SSSR count). The van der Waals surface area contributed by atoms with Gasteiger partial charge in [-0.1, -0.05) is 36.4 Å². The predicted octanol–water partition coefficient (Wildman–Crippen LogP) is -2.14. The number of ether oxygens (including phenoxy) is 2. The SMILES string of the molecule is CCOc1cc(CNC2CN3CCC2CC3)ccc1OCc1ccccc1.[Cl-].[Cl-]. The molecule has 1 atom stereocenters. The highest BCUT2D eigenvalue weighted by Crippen LogP contribution is 2.30. The molecule has 6 heteroatoms. The molecule has 1 unspecified atom stereocenters. The largest absolute Gasteiger partial charge is 1.00 e. The first kappa shape index (κ1) is 23.8. The first-order chi connectivity index (χ1) is 13.3. The number of nitrogens with zero attached hydrogens (tertiary/aromatic N) is 1. The molecule has 1 N–H and O–H groups in total. The van der Waals surface area contributed by atoms with Gasteiger partial charge < -0.3 is 44.5 Å². The Kier molecular flexibility index (Phi) is 9.57. The molecule has 160 valence electrons. The van der Waals surface area contributed by atoms with Gasteiger partial charge in [-0.3, -0.25) is 0 Å². The minimum absolute atomic E-state index is 0. The fourth-order valence-electron chi connectivity index (χ4n) is 4.23. The fraction of sp³-hybridized carbons (Fsp3) is 0.478. The van der Waals surface area contributed by atoms with Gasteiger partial charge in [0.1, 0.15) is 6.61 Å². The van der Waals surface area contributed by atoms with Gasteiger partial charge in [-0.15, -0.1) is 0 Å². The van der Waals surface area contributed by atoms with Crippen molar-refractivity contribution in [3.05, 3.63) is 59.7 Å². The predicted molar refractivity (Wildman–Crippen MR) is 108 cm³/mol.